The van der Waals surface area contributed by atoms with Crippen molar-refractivity contribution in [3.8, 4) is 0 Å². The zero-order chi connectivity index (χ0) is 12.8. The number of aromatic nitrogens is 1. The van der Waals surface area contributed by atoms with E-state index in [1.54, 1.807) is 0 Å². The number of halogens is 1. The largest absolute Gasteiger partial charge is 0.377 e. The molecule has 0 aliphatic carbocycles. The lowest BCUT2D eigenvalue weighted by Gasteiger charge is -2.12. The van der Waals surface area contributed by atoms with Crippen LogP contribution >= 0.6 is 11.6 Å². The van der Waals surface area contributed by atoms with Crippen LogP contribution in [0, 0.1) is 10.1 Å². The van der Waals surface area contributed by atoms with Crippen molar-refractivity contribution in [2.45, 2.75) is 20.0 Å². The third kappa shape index (κ3) is 4.16. The summed E-state index contributed by atoms with van der Waals surface area (Å²) in [5.74, 6) is 0.161. The topological polar surface area (TPSA) is 77.3 Å². The van der Waals surface area contributed by atoms with Crippen LogP contribution in [0.1, 0.15) is 13.8 Å². The van der Waals surface area contributed by atoms with Crippen LogP contribution < -0.4 is 5.32 Å². The lowest BCUT2D eigenvalue weighted by Crippen LogP contribution is -2.20. The molecule has 0 amide bonds. The first-order valence-electron chi connectivity index (χ1n) is 5.21. The molecule has 1 aromatic heterocycles. The second-order valence-electron chi connectivity index (χ2n) is 3.41. The molecule has 1 atom stereocenters. The molecule has 0 aliphatic heterocycles. The Kier molecular flexibility index (Phi) is 5.11. The highest BCUT2D eigenvalue weighted by molar-refractivity contribution is 6.29. The third-order valence-electron chi connectivity index (χ3n) is 2.04. The van der Waals surface area contributed by atoms with Crippen LogP contribution in [-0.4, -0.2) is 29.2 Å². The molecular formula is C10H14ClN3O3. The van der Waals surface area contributed by atoms with Crippen LogP contribution in [0.2, 0.25) is 5.15 Å². The Hall–Kier alpha value is -1.40. The summed E-state index contributed by atoms with van der Waals surface area (Å²) in [6, 6.07) is 2.71. The molecule has 7 heteroatoms. The van der Waals surface area contributed by atoms with E-state index in [0.717, 1.165) is 0 Å². The molecule has 1 heterocycles. The highest BCUT2D eigenvalue weighted by Gasteiger charge is 2.16. The summed E-state index contributed by atoms with van der Waals surface area (Å²) in [7, 11) is 0. The van der Waals surface area contributed by atoms with E-state index in [2.05, 4.69) is 10.3 Å². The molecule has 1 N–H and O–H groups in total. The second kappa shape index (κ2) is 6.36. The molecule has 1 unspecified atom stereocenters. The standard InChI is InChI=1S/C10H14ClN3O3/c1-3-17-7(2)6-12-10-8(14(15)16)4-5-9(11)13-10/h4-5,7H,3,6H2,1-2H3,(H,12,13). The van der Waals surface area contributed by atoms with Gasteiger partial charge in [-0.2, -0.15) is 0 Å². The van der Waals surface area contributed by atoms with Crippen LogP contribution in [-0.2, 0) is 4.74 Å². The van der Waals surface area contributed by atoms with Crippen LogP contribution in [0.25, 0.3) is 0 Å². The number of hydrogen-bond acceptors (Lipinski definition) is 5. The predicted molar refractivity (Wildman–Crippen MR) is 65.5 cm³/mol. The number of ether oxygens (including phenoxy) is 1. The predicted octanol–water partition coefficient (Wildman–Crippen LogP) is 2.48. The molecule has 0 aromatic carbocycles. The highest BCUT2D eigenvalue weighted by atomic mass is 35.5. The molecule has 1 aromatic rings. The zero-order valence-electron chi connectivity index (χ0n) is 9.64. The molecule has 1 rings (SSSR count). The van der Waals surface area contributed by atoms with E-state index >= 15 is 0 Å². The summed E-state index contributed by atoms with van der Waals surface area (Å²) in [5.41, 5.74) is -0.0990. The Morgan fingerprint density at radius 2 is 2.35 bits per heavy atom. The van der Waals surface area contributed by atoms with Crippen LogP contribution in [0.15, 0.2) is 12.1 Å². The van der Waals surface area contributed by atoms with E-state index in [4.69, 9.17) is 16.3 Å². The molecule has 0 fully saturated rings. The Morgan fingerprint density at radius 1 is 1.65 bits per heavy atom. The maximum absolute atomic E-state index is 10.8. The van der Waals surface area contributed by atoms with Crippen molar-refractivity contribution in [1.29, 1.82) is 0 Å². The molecular weight excluding hydrogens is 246 g/mol. The lowest BCUT2D eigenvalue weighted by atomic mass is 10.3. The van der Waals surface area contributed by atoms with Crippen molar-refractivity contribution in [3.05, 3.63) is 27.4 Å². The summed E-state index contributed by atoms with van der Waals surface area (Å²) in [4.78, 5) is 14.1. The molecule has 0 saturated carbocycles. The van der Waals surface area contributed by atoms with Crippen LogP contribution in [0.3, 0.4) is 0 Å². The van der Waals surface area contributed by atoms with Crippen molar-refractivity contribution in [2.75, 3.05) is 18.5 Å². The van der Waals surface area contributed by atoms with Crippen LogP contribution in [0.4, 0.5) is 11.5 Å². The van der Waals surface area contributed by atoms with Crippen molar-refractivity contribution in [3.63, 3.8) is 0 Å². The minimum Gasteiger partial charge on any atom is -0.377 e. The first kappa shape index (κ1) is 13.7. The average molecular weight is 260 g/mol. The van der Waals surface area contributed by atoms with Gasteiger partial charge >= 0.3 is 5.69 Å². The molecule has 0 bridgehead atoms. The normalized spacial score (nSPS) is 12.2. The molecule has 0 aliphatic rings. The van der Waals surface area contributed by atoms with E-state index in [1.165, 1.54) is 12.1 Å². The number of nitrogens with zero attached hydrogens (tertiary/aromatic N) is 2. The van der Waals surface area contributed by atoms with Gasteiger partial charge in [0.25, 0.3) is 0 Å². The Bertz CT molecular complexity index is 400. The van der Waals surface area contributed by atoms with E-state index in [1.807, 2.05) is 13.8 Å². The van der Waals surface area contributed by atoms with E-state index in [9.17, 15) is 10.1 Å². The fraction of sp³-hybridized carbons (Fsp3) is 0.500. The highest BCUT2D eigenvalue weighted by Crippen LogP contribution is 2.23. The maximum Gasteiger partial charge on any atom is 0.311 e. The lowest BCUT2D eigenvalue weighted by molar-refractivity contribution is -0.384. The summed E-state index contributed by atoms with van der Waals surface area (Å²) in [6.07, 6.45) is -0.0552. The van der Waals surface area contributed by atoms with Gasteiger partial charge in [0.15, 0.2) is 0 Å². The van der Waals surface area contributed by atoms with E-state index in [0.29, 0.717) is 13.2 Å². The minimum absolute atomic E-state index is 0.0552. The van der Waals surface area contributed by atoms with Gasteiger partial charge < -0.3 is 10.1 Å². The minimum atomic E-state index is -0.503. The maximum atomic E-state index is 10.8. The Labute approximate surface area is 104 Å². The van der Waals surface area contributed by atoms with Crippen molar-refractivity contribution >= 4 is 23.1 Å². The summed E-state index contributed by atoms with van der Waals surface area (Å²) < 4.78 is 5.30. The molecule has 0 spiro atoms. The Balaban J connectivity index is 2.75. The first-order valence-corrected chi connectivity index (χ1v) is 5.58. The second-order valence-corrected chi connectivity index (χ2v) is 3.79. The van der Waals surface area contributed by atoms with Gasteiger partial charge in [-0.25, -0.2) is 4.98 Å². The molecule has 17 heavy (non-hydrogen) atoms. The quantitative estimate of drug-likeness (QED) is 0.482. The average Bonchev–Trinajstić information content (AvgIpc) is 2.26. The zero-order valence-corrected chi connectivity index (χ0v) is 10.4. The molecule has 6 nitrogen and oxygen atoms in total. The van der Waals surface area contributed by atoms with Gasteiger partial charge in [-0.15, -0.1) is 0 Å². The van der Waals surface area contributed by atoms with Gasteiger partial charge in [0.1, 0.15) is 5.15 Å². The number of anilines is 1. The van der Waals surface area contributed by atoms with Crippen molar-refractivity contribution in [2.24, 2.45) is 0 Å². The number of nitrogens with one attached hydrogen (secondary N) is 1. The van der Waals surface area contributed by atoms with Gasteiger partial charge in [0.05, 0.1) is 11.0 Å². The van der Waals surface area contributed by atoms with Gasteiger partial charge in [-0.3, -0.25) is 10.1 Å². The van der Waals surface area contributed by atoms with Crippen molar-refractivity contribution in [1.82, 2.24) is 4.98 Å². The molecule has 0 saturated heterocycles. The van der Waals surface area contributed by atoms with Crippen molar-refractivity contribution < 1.29 is 9.66 Å². The first-order chi connectivity index (χ1) is 8.04. The van der Waals surface area contributed by atoms with Gasteiger partial charge in [0, 0.05) is 19.2 Å². The number of nitro groups is 1. The summed E-state index contributed by atoms with van der Waals surface area (Å²) in [6.45, 7) is 4.78. The molecule has 94 valence electrons. The molecule has 0 radical (unpaired) electrons. The van der Waals surface area contributed by atoms with E-state index < -0.39 is 4.92 Å². The SMILES string of the molecule is CCOC(C)CNc1nc(Cl)ccc1[N+](=O)[O-]. The Morgan fingerprint density at radius 3 is 2.94 bits per heavy atom. The number of rotatable bonds is 6. The summed E-state index contributed by atoms with van der Waals surface area (Å²) in [5, 5.41) is 13.8. The monoisotopic (exact) mass is 259 g/mol. The fourth-order valence-corrected chi connectivity index (χ4v) is 1.44. The number of hydrogen-bond donors (Lipinski definition) is 1. The number of pyridine rings is 1. The summed E-state index contributed by atoms with van der Waals surface area (Å²) >= 11 is 5.69. The van der Waals surface area contributed by atoms with E-state index in [-0.39, 0.29) is 22.8 Å². The third-order valence-corrected chi connectivity index (χ3v) is 2.26. The van der Waals surface area contributed by atoms with Gasteiger partial charge in [0.2, 0.25) is 5.82 Å². The van der Waals surface area contributed by atoms with Gasteiger partial charge in [-0.05, 0) is 19.9 Å². The van der Waals surface area contributed by atoms with Crippen LogP contribution in [0.5, 0.6) is 0 Å². The fourth-order valence-electron chi connectivity index (χ4n) is 1.29. The van der Waals surface area contributed by atoms with Gasteiger partial charge in [-0.1, -0.05) is 11.6 Å². The smallest absolute Gasteiger partial charge is 0.311 e.